The Morgan fingerprint density at radius 2 is 1.79 bits per heavy atom. The summed E-state index contributed by atoms with van der Waals surface area (Å²) in [5, 5.41) is 9.05. The lowest BCUT2D eigenvalue weighted by atomic mass is 10.1. The number of likely N-dealkylation sites (tertiary alicyclic amines) is 1. The van der Waals surface area contributed by atoms with E-state index in [1.165, 1.54) is 0 Å². The number of hydrogen-bond acceptors (Lipinski definition) is 4. The summed E-state index contributed by atoms with van der Waals surface area (Å²) in [6, 6.07) is 15.6. The standard InChI is InChI=1S/C22H25NO5/c1-16-4-2-6-19(12-16)27-10-11-28-20-7-3-5-17(13-20)8-9-23-15-18(22(25)26)14-21(23)24/h2-7,12-13,18H,8-11,14-15H2,1H3,(H,25,26). The minimum atomic E-state index is -0.904. The van der Waals surface area contributed by atoms with Gasteiger partial charge >= 0.3 is 5.97 Å². The molecule has 2 aromatic rings. The summed E-state index contributed by atoms with van der Waals surface area (Å²) in [5.41, 5.74) is 2.20. The molecule has 0 saturated carbocycles. The van der Waals surface area contributed by atoms with E-state index in [1.807, 2.05) is 55.5 Å². The maximum Gasteiger partial charge on any atom is 0.308 e. The van der Waals surface area contributed by atoms with Crippen molar-refractivity contribution in [2.24, 2.45) is 5.92 Å². The van der Waals surface area contributed by atoms with E-state index in [4.69, 9.17) is 14.6 Å². The first kappa shape index (κ1) is 19.7. The minimum Gasteiger partial charge on any atom is -0.490 e. The van der Waals surface area contributed by atoms with Crippen molar-refractivity contribution >= 4 is 11.9 Å². The maximum atomic E-state index is 11.9. The lowest BCUT2D eigenvalue weighted by Crippen LogP contribution is -2.28. The first-order valence-electron chi connectivity index (χ1n) is 9.43. The molecule has 0 bridgehead atoms. The van der Waals surface area contributed by atoms with E-state index in [-0.39, 0.29) is 12.3 Å². The predicted octanol–water partition coefficient (Wildman–Crippen LogP) is 2.93. The zero-order chi connectivity index (χ0) is 19.9. The molecule has 0 aliphatic carbocycles. The number of benzene rings is 2. The third kappa shape index (κ3) is 5.49. The van der Waals surface area contributed by atoms with Crippen molar-refractivity contribution in [3.8, 4) is 11.5 Å². The highest BCUT2D eigenvalue weighted by Crippen LogP contribution is 2.20. The monoisotopic (exact) mass is 383 g/mol. The van der Waals surface area contributed by atoms with E-state index >= 15 is 0 Å². The van der Waals surface area contributed by atoms with Gasteiger partial charge in [-0.1, -0.05) is 24.3 Å². The van der Waals surface area contributed by atoms with Crippen LogP contribution in [0.2, 0.25) is 0 Å². The molecule has 6 heteroatoms. The second-order valence-corrected chi connectivity index (χ2v) is 6.99. The van der Waals surface area contributed by atoms with Gasteiger partial charge in [0, 0.05) is 19.5 Å². The van der Waals surface area contributed by atoms with Gasteiger partial charge in [-0.05, 0) is 48.7 Å². The Morgan fingerprint density at radius 1 is 1.11 bits per heavy atom. The number of rotatable bonds is 9. The second-order valence-electron chi connectivity index (χ2n) is 6.99. The van der Waals surface area contributed by atoms with Crippen LogP contribution in [0, 0.1) is 12.8 Å². The Morgan fingerprint density at radius 3 is 2.43 bits per heavy atom. The van der Waals surface area contributed by atoms with Gasteiger partial charge in [0.25, 0.3) is 0 Å². The van der Waals surface area contributed by atoms with Crippen molar-refractivity contribution in [3.63, 3.8) is 0 Å². The molecular weight excluding hydrogens is 358 g/mol. The largest absolute Gasteiger partial charge is 0.490 e. The molecule has 6 nitrogen and oxygen atoms in total. The van der Waals surface area contributed by atoms with Crippen LogP contribution >= 0.6 is 0 Å². The van der Waals surface area contributed by atoms with Crippen molar-refractivity contribution in [2.75, 3.05) is 26.3 Å². The molecule has 1 heterocycles. The molecule has 2 aromatic carbocycles. The van der Waals surface area contributed by atoms with E-state index < -0.39 is 11.9 Å². The van der Waals surface area contributed by atoms with Crippen LogP contribution in [0.5, 0.6) is 11.5 Å². The number of aliphatic carboxylic acids is 1. The number of ether oxygens (including phenoxy) is 2. The molecule has 0 aromatic heterocycles. The van der Waals surface area contributed by atoms with E-state index in [0.29, 0.717) is 32.7 Å². The van der Waals surface area contributed by atoms with Crippen LogP contribution in [-0.2, 0) is 16.0 Å². The number of nitrogens with zero attached hydrogens (tertiary/aromatic N) is 1. The SMILES string of the molecule is Cc1cccc(OCCOc2cccc(CCN3CC(C(=O)O)CC3=O)c2)c1. The predicted molar refractivity (Wildman–Crippen MR) is 105 cm³/mol. The van der Waals surface area contributed by atoms with Crippen LogP contribution in [-0.4, -0.2) is 48.2 Å². The highest BCUT2D eigenvalue weighted by Gasteiger charge is 2.33. The zero-order valence-corrected chi connectivity index (χ0v) is 16.0. The van der Waals surface area contributed by atoms with Crippen molar-refractivity contribution in [3.05, 3.63) is 59.7 Å². The molecule has 1 N–H and O–H groups in total. The fourth-order valence-corrected chi connectivity index (χ4v) is 3.23. The van der Waals surface area contributed by atoms with Crippen LogP contribution in [0.3, 0.4) is 0 Å². The summed E-state index contributed by atoms with van der Waals surface area (Å²) < 4.78 is 11.4. The third-order valence-corrected chi connectivity index (χ3v) is 4.74. The Labute approximate surface area is 164 Å². The van der Waals surface area contributed by atoms with Gasteiger partial charge in [0.05, 0.1) is 5.92 Å². The number of aryl methyl sites for hydroxylation is 1. The van der Waals surface area contributed by atoms with Gasteiger partial charge in [-0.3, -0.25) is 9.59 Å². The molecule has 1 unspecified atom stereocenters. The Bertz CT molecular complexity index is 835. The smallest absolute Gasteiger partial charge is 0.308 e. The zero-order valence-electron chi connectivity index (χ0n) is 16.0. The highest BCUT2D eigenvalue weighted by atomic mass is 16.5. The van der Waals surface area contributed by atoms with Gasteiger partial charge in [0.2, 0.25) is 5.91 Å². The van der Waals surface area contributed by atoms with E-state index in [1.54, 1.807) is 4.90 Å². The number of carboxylic acids is 1. The number of hydrogen-bond donors (Lipinski definition) is 1. The van der Waals surface area contributed by atoms with Crippen LogP contribution < -0.4 is 9.47 Å². The summed E-state index contributed by atoms with van der Waals surface area (Å²) in [7, 11) is 0. The fraction of sp³-hybridized carbons (Fsp3) is 0.364. The van der Waals surface area contributed by atoms with Crippen molar-refractivity contribution in [1.29, 1.82) is 0 Å². The summed E-state index contributed by atoms with van der Waals surface area (Å²) in [6.45, 7) is 3.71. The Kier molecular flexibility index (Phi) is 6.53. The normalized spacial score (nSPS) is 16.2. The molecule has 1 fully saturated rings. The van der Waals surface area contributed by atoms with Gasteiger partial charge in [0.1, 0.15) is 24.7 Å². The quantitative estimate of drug-likeness (QED) is 0.674. The van der Waals surface area contributed by atoms with Gasteiger partial charge in [-0.25, -0.2) is 0 Å². The van der Waals surface area contributed by atoms with Crippen LogP contribution in [0.15, 0.2) is 48.5 Å². The average molecular weight is 383 g/mol. The lowest BCUT2D eigenvalue weighted by Gasteiger charge is -2.16. The van der Waals surface area contributed by atoms with Gasteiger partial charge in [-0.2, -0.15) is 0 Å². The summed E-state index contributed by atoms with van der Waals surface area (Å²) >= 11 is 0. The van der Waals surface area contributed by atoms with Gasteiger partial charge in [0.15, 0.2) is 0 Å². The lowest BCUT2D eigenvalue weighted by molar-refractivity contribution is -0.141. The minimum absolute atomic E-state index is 0.0897. The topological polar surface area (TPSA) is 76.1 Å². The molecule has 1 aliphatic rings. The Balaban J connectivity index is 1.43. The van der Waals surface area contributed by atoms with Crippen LogP contribution in [0.1, 0.15) is 17.5 Å². The number of carbonyl (C=O) groups excluding carboxylic acids is 1. The number of carbonyl (C=O) groups is 2. The molecule has 0 spiro atoms. The summed E-state index contributed by atoms with van der Waals surface area (Å²) in [5.74, 6) is -0.00315. The molecule has 148 valence electrons. The van der Waals surface area contributed by atoms with Crippen LogP contribution in [0.4, 0.5) is 0 Å². The highest BCUT2D eigenvalue weighted by molar-refractivity contribution is 5.86. The first-order valence-corrected chi connectivity index (χ1v) is 9.43. The Hall–Kier alpha value is -3.02. The van der Waals surface area contributed by atoms with E-state index in [9.17, 15) is 9.59 Å². The molecular formula is C22H25NO5. The molecule has 1 aliphatic heterocycles. The van der Waals surface area contributed by atoms with Gasteiger partial charge in [-0.15, -0.1) is 0 Å². The maximum absolute atomic E-state index is 11.9. The van der Waals surface area contributed by atoms with E-state index in [2.05, 4.69) is 0 Å². The van der Waals surface area contributed by atoms with E-state index in [0.717, 1.165) is 22.6 Å². The van der Waals surface area contributed by atoms with Crippen molar-refractivity contribution < 1.29 is 24.2 Å². The first-order chi connectivity index (χ1) is 13.5. The van der Waals surface area contributed by atoms with Crippen molar-refractivity contribution in [2.45, 2.75) is 19.8 Å². The molecule has 0 radical (unpaired) electrons. The number of carboxylic acid groups (broad SMARTS) is 1. The third-order valence-electron chi connectivity index (χ3n) is 4.74. The molecule has 28 heavy (non-hydrogen) atoms. The molecule has 1 saturated heterocycles. The second kappa shape index (κ2) is 9.26. The molecule has 1 atom stereocenters. The summed E-state index contributed by atoms with van der Waals surface area (Å²) in [4.78, 5) is 24.6. The molecule has 1 amide bonds. The van der Waals surface area contributed by atoms with Gasteiger partial charge < -0.3 is 19.5 Å². The van der Waals surface area contributed by atoms with Crippen molar-refractivity contribution in [1.82, 2.24) is 4.90 Å². The fourth-order valence-electron chi connectivity index (χ4n) is 3.23. The van der Waals surface area contributed by atoms with Crippen LogP contribution in [0.25, 0.3) is 0 Å². The molecule has 3 rings (SSSR count). The summed E-state index contributed by atoms with van der Waals surface area (Å²) in [6.07, 6.45) is 0.758. The average Bonchev–Trinajstić information content (AvgIpc) is 3.05. The number of amides is 1.